The van der Waals surface area contributed by atoms with E-state index in [4.69, 9.17) is 23.2 Å². The molecule has 0 N–H and O–H groups in total. The Bertz CT molecular complexity index is 957. The number of fused-ring (bicyclic) bond motifs is 1. The summed E-state index contributed by atoms with van der Waals surface area (Å²) in [5.41, 5.74) is 2.03. The molecule has 0 saturated heterocycles. The maximum Gasteiger partial charge on any atom is 0.260 e. The van der Waals surface area contributed by atoms with Crippen LogP contribution in [0.25, 0.3) is 10.9 Å². The monoisotopic (exact) mass is 391 g/mol. The molecule has 3 rings (SSSR count). The summed E-state index contributed by atoms with van der Waals surface area (Å²) in [5.74, 6) is 0. The summed E-state index contributed by atoms with van der Waals surface area (Å²) >= 11 is 12.1. The molecule has 1 aromatic carbocycles. The molecule has 0 aliphatic heterocycles. The number of benzene rings is 1. The lowest BCUT2D eigenvalue weighted by Gasteiger charge is -2.18. The number of likely N-dealkylation sites (N-methyl/N-ethyl adjacent to an activating group) is 1. The van der Waals surface area contributed by atoms with Crippen molar-refractivity contribution in [1.29, 1.82) is 0 Å². The summed E-state index contributed by atoms with van der Waals surface area (Å²) in [6, 6.07) is 9.51. The first-order chi connectivity index (χ1) is 12.5. The van der Waals surface area contributed by atoms with Crippen molar-refractivity contribution in [1.82, 2.24) is 14.0 Å². The predicted octanol–water partition coefficient (Wildman–Crippen LogP) is 4.50. The highest BCUT2D eigenvalue weighted by Crippen LogP contribution is 2.23. The first-order valence-electron chi connectivity index (χ1n) is 8.88. The van der Waals surface area contributed by atoms with Gasteiger partial charge in [-0.25, -0.2) is 0 Å². The first kappa shape index (κ1) is 19.0. The Morgan fingerprint density at radius 3 is 2.38 bits per heavy atom. The standard InChI is InChI=1S/C20H23Cl2N3O/c1-3-23(4-2)11-12-24-10-8-19-16(20(24)26)7-9-25(19)14-15-5-6-17(21)18(22)13-15/h5-10,13H,3-4,11-12,14H2,1-2H3. The molecule has 0 unspecified atom stereocenters. The largest absolute Gasteiger partial charge is 0.343 e. The van der Waals surface area contributed by atoms with Gasteiger partial charge in [-0.2, -0.15) is 0 Å². The minimum absolute atomic E-state index is 0.0579. The van der Waals surface area contributed by atoms with Gasteiger partial charge in [-0.05, 0) is 42.9 Å². The molecule has 26 heavy (non-hydrogen) atoms. The van der Waals surface area contributed by atoms with Crippen LogP contribution < -0.4 is 5.56 Å². The molecule has 0 amide bonds. The van der Waals surface area contributed by atoms with E-state index in [1.807, 2.05) is 36.7 Å². The van der Waals surface area contributed by atoms with Gasteiger partial charge in [-0.3, -0.25) is 4.79 Å². The van der Waals surface area contributed by atoms with Crippen molar-refractivity contribution in [2.24, 2.45) is 0 Å². The van der Waals surface area contributed by atoms with E-state index in [0.717, 1.165) is 36.1 Å². The van der Waals surface area contributed by atoms with Gasteiger partial charge in [0.25, 0.3) is 5.56 Å². The average molecular weight is 392 g/mol. The van der Waals surface area contributed by atoms with Crippen LogP contribution in [0.5, 0.6) is 0 Å². The second-order valence-electron chi connectivity index (χ2n) is 6.33. The summed E-state index contributed by atoms with van der Waals surface area (Å²) in [7, 11) is 0. The molecule has 0 spiro atoms. The highest BCUT2D eigenvalue weighted by atomic mass is 35.5. The second-order valence-corrected chi connectivity index (χ2v) is 7.15. The van der Waals surface area contributed by atoms with Crippen molar-refractivity contribution in [3.8, 4) is 0 Å². The second kappa shape index (κ2) is 8.30. The van der Waals surface area contributed by atoms with Crippen molar-refractivity contribution in [2.45, 2.75) is 26.9 Å². The Kier molecular flexibility index (Phi) is 6.07. The molecular formula is C20H23Cl2N3O. The molecule has 0 saturated carbocycles. The van der Waals surface area contributed by atoms with E-state index in [1.54, 1.807) is 10.6 Å². The quantitative estimate of drug-likeness (QED) is 0.593. The third kappa shape index (κ3) is 3.98. The normalized spacial score (nSPS) is 11.6. The summed E-state index contributed by atoms with van der Waals surface area (Å²) in [5, 5.41) is 1.83. The minimum Gasteiger partial charge on any atom is -0.343 e. The van der Waals surface area contributed by atoms with E-state index >= 15 is 0 Å². The van der Waals surface area contributed by atoms with Gasteiger partial charge >= 0.3 is 0 Å². The molecule has 0 atom stereocenters. The van der Waals surface area contributed by atoms with Crippen LogP contribution in [0, 0.1) is 0 Å². The van der Waals surface area contributed by atoms with Crippen molar-refractivity contribution in [2.75, 3.05) is 19.6 Å². The summed E-state index contributed by atoms with van der Waals surface area (Å²) in [6.45, 7) is 8.48. The maximum atomic E-state index is 12.8. The molecule has 4 nitrogen and oxygen atoms in total. The van der Waals surface area contributed by atoms with E-state index in [0.29, 0.717) is 23.1 Å². The van der Waals surface area contributed by atoms with Gasteiger partial charge in [0.15, 0.2) is 0 Å². The highest BCUT2D eigenvalue weighted by molar-refractivity contribution is 6.42. The molecule has 3 aromatic rings. The van der Waals surface area contributed by atoms with Gasteiger partial charge in [-0.1, -0.05) is 43.1 Å². The first-order valence-corrected chi connectivity index (χ1v) is 9.63. The van der Waals surface area contributed by atoms with Gasteiger partial charge in [-0.15, -0.1) is 0 Å². The number of hydrogen-bond donors (Lipinski definition) is 0. The summed E-state index contributed by atoms with van der Waals surface area (Å²) in [4.78, 5) is 15.1. The van der Waals surface area contributed by atoms with Crippen LogP contribution in [0.3, 0.4) is 0 Å². The van der Waals surface area contributed by atoms with Crippen LogP contribution >= 0.6 is 23.2 Å². The average Bonchev–Trinajstić information content (AvgIpc) is 3.04. The smallest absolute Gasteiger partial charge is 0.260 e. The Morgan fingerprint density at radius 2 is 1.69 bits per heavy atom. The molecule has 0 radical (unpaired) electrons. The Hall–Kier alpha value is -1.75. The van der Waals surface area contributed by atoms with Crippen LogP contribution in [0.15, 0.2) is 47.5 Å². The molecule has 2 aromatic heterocycles. The highest BCUT2D eigenvalue weighted by Gasteiger charge is 2.09. The number of pyridine rings is 1. The molecule has 0 bridgehead atoms. The Labute approximate surface area is 163 Å². The number of hydrogen-bond acceptors (Lipinski definition) is 2. The Morgan fingerprint density at radius 1 is 0.962 bits per heavy atom. The van der Waals surface area contributed by atoms with Crippen LogP contribution in [-0.4, -0.2) is 33.7 Å². The lowest BCUT2D eigenvalue weighted by molar-refractivity contribution is 0.289. The van der Waals surface area contributed by atoms with Gasteiger partial charge in [0.2, 0.25) is 0 Å². The lowest BCUT2D eigenvalue weighted by atomic mass is 10.2. The number of halogens is 2. The van der Waals surface area contributed by atoms with E-state index in [9.17, 15) is 4.79 Å². The third-order valence-electron chi connectivity index (χ3n) is 4.80. The minimum atomic E-state index is 0.0579. The molecule has 6 heteroatoms. The molecule has 0 aliphatic carbocycles. The fourth-order valence-corrected chi connectivity index (χ4v) is 3.49. The molecule has 0 fully saturated rings. The lowest BCUT2D eigenvalue weighted by Crippen LogP contribution is -2.30. The third-order valence-corrected chi connectivity index (χ3v) is 5.54. The van der Waals surface area contributed by atoms with Gasteiger partial charge in [0, 0.05) is 32.0 Å². The number of nitrogens with zero attached hydrogens (tertiary/aromatic N) is 3. The SMILES string of the molecule is CCN(CC)CCn1ccc2c(ccn2Cc2ccc(Cl)c(Cl)c2)c1=O. The van der Waals surface area contributed by atoms with E-state index < -0.39 is 0 Å². The molecule has 0 aliphatic rings. The van der Waals surface area contributed by atoms with Crippen molar-refractivity contribution in [3.05, 3.63) is 68.7 Å². The molecule has 2 heterocycles. The fraction of sp³-hybridized carbons (Fsp3) is 0.350. The fourth-order valence-electron chi connectivity index (χ4n) is 3.17. The van der Waals surface area contributed by atoms with E-state index in [1.165, 1.54) is 0 Å². The topological polar surface area (TPSA) is 30.2 Å². The van der Waals surface area contributed by atoms with E-state index in [-0.39, 0.29) is 5.56 Å². The molecule has 138 valence electrons. The van der Waals surface area contributed by atoms with Crippen LogP contribution in [-0.2, 0) is 13.1 Å². The van der Waals surface area contributed by atoms with Gasteiger partial charge in [0.05, 0.1) is 20.9 Å². The maximum absolute atomic E-state index is 12.8. The van der Waals surface area contributed by atoms with E-state index in [2.05, 4.69) is 23.3 Å². The summed E-state index contributed by atoms with van der Waals surface area (Å²) < 4.78 is 3.86. The summed E-state index contributed by atoms with van der Waals surface area (Å²) in [6.07, 6.45) is 3.84. The van der Waals surface area contributed by atoms with Gasteiger partial charge < -0.3 is 14.0 Å². The zero-order chi connectivity index (χ0) is 18.7. The molecular weight excluding hydrogens is 369 g/mol. The van der Waals surface area contributed by atoms with Crippen molar-refractivity contribution >= 4 is 34.1 Å². The Balaban J connectivity index is 1.85. The zero-order valence-corrected chi connectivity index (χ0v) is 16.6. The number of aromatic nitrogens is 2. The van der Waals surface area contributed by atoms with Gasteiger partial charge in [0.1, 0.15) is 0 Å². The number of rotatable bonds is 7. The van der Waals surface area contributed by atoms with Crippen LogP contribution in [0.2, 0.25) is 10.0 Å². The van der Waals surface area contributed by atoms with Crippen LogP contribution in [0.4, 0.5) is 0 Å². The predicted molar refractivity (Wildman–Crippen MR) is 110 cm³/mol. The van der Waals surface area contributed by atoms with Crippen LogP contribution in [0.1, 0.15) is 19.4 Å². The zero-order valence-electron chi connectivity index (χ0n) is 15.1. The van der Waals surface area contributed by atoms with Crippen molar-refractivity contribution < 1.29 is 0 Å². The van der Waals surface area contributed by atoms with Crippen molar-refractivity contribution in [3.63, 3.8) is 0 Å².